The molecule has 24 heavy (non-hydrogen) atoms. The number of amides is 1. The second kappa shape index (κ2) is 7.36. The molecule has 1 amide bonds. The van der Waals surface area contributed by atoms with Crippen LogP contribution in [0.4, 0.5) is 5.69 Å². The number of sulfone groups is 1. The number of carbonyl (C=O) groups excluding carboxylic acids is 1. The van der Waals surface area contributed by atoms with E-state index in [1.807, 2.05) is 32.0 Å². The molecular weight excluding hydrogens is 346 g/mol. The first-order chi connectivity index (χ1) is 11.3. The van der Waals surface area contributed by atoms with Crippen molar-refractivity contribution in [1.82, 2.24) is 0 Å². The van der Waals surface area contributed by atoms with Crippen LogP contribution in [0.15, 0.2) is 41.3 Å². The van der Waals surface area contributed by atoms with Gasteiger partial charge in [0, 0.05) is 11.9 Å². The summed E-state index contributed by atoms with van der Waals surface area (Å²) in [5.41, 5.74) is 2.97. The lowest BCUT2D eigenvalue weighted by Gasteiger charge is -2.15. The Kier molecular flexibility index (Phi) is 5.67. The standard InChI is InChI=1S/C18H20ClNO3S/c1-4-12-7-6-8-13(5-2)17(12)20-18(21)15-11-14(24(3,22)23)9-10-16(15)19/h6-11H,4-5H2,1-3H3,(H,20,21). The van der Waals surface area contributed by atoms with E-state index >= 15 is 0 Å². The Bertz CT molecular complexity index is 854. The lowest BCUT2D eigenvalue weighted by atomic mass is 10.0. The fraction of sp³-hybridized carbons (Fsp3) is 0.278. The molecule has 0 bridgehead atoms. The summed E-state index contributed by atoms with van der Waals surface area (Å²) in [5.74, 6) is -0.416. The predicted molar refractivity (Wildman–Crippen MR) is 97.7 cm³/mol. The monoisotopic (exact) mass is 365 g/mol. The third kappa shape index (κ3) is 3.97. The van der Waals surface area contributed by atoms with E-state index in [4.69, 9.17) is 11.6 Å². The van der Waals surface area contributed by atoms with E-state index in [9.17, 15) is 13.2 Å². The van der Waals surface area contributed by atoms with Crippen molar-refractivity contribution in [1.29, 1.82) is 0 Å². The first-order valence-electron chi connectivity index (χ1n) is 7.69. The summed E-state index contributed by atoms with van der Waals surface area (Å²) in [6.07, 6.45) is 2.65. The highest BCUT2D eigenvalue weighted by molar-refractivity contribution is 7.90. The molecule has 0 heterocycles. The van der Waals surface area contributed by atoms with Gasteiger partial charge in [-0.15, -0.1) is 0 Å². The van der Waals surface area contributed by atoms with Crippen LogP contribution in [0.1, 0.15) is 35.3 Å². The Morgan fingerprint density at radius 3 is 2.17 bits per heavy atom. The van der Waals surface area contributed by atoms with E-state index in [0.29, 0.717) is 0 Å². The number of rotatable bonds is 5. The lowest BCUT2D eigenvalue weighted by molar-refractivity contribution is 0.102. The molecule has 0 unspecified atom stereocenters. The van der Waals surface area contributed by atoms with Gasteiger partial charge in [0.1, 0.15) is 0 Å². The summed E-state index contributed by atoms with van der Waals surface area (Å²) < 4.78 is 23.4. The quantitative estimate of drug-likeness (QED) is 0.866. The Balaban J connectivity index is 2.45. The highest BCUT2D eigenvalue weighted by atomic mass is 35.5. The zero-order valence-corrected chi connectivity index (χ0v) is 15.5. The number of nitrogens with one attached hydrogen (secondary N) is 1. The van der Waals surface area contributed by atoms with Crippen molar-refractivity contribution in [2.75, 3.05) is 11.6 Å². The van der Waals surface area contributed by atoms with Gasteiger partial charge in [-0.2, -0.15) is 0 Å². The second-order valence-electron chi connectivity index (χ2n) is 5.53. The maximum atomic E-state index is 12.7. The molecule has 6 heteroatoms. The third-order valence-electron chi connectivity index (χ3n) is 3.85. The largest absolute Gasteiger partial charge is 0.321 e. The molecule has 0 spiro atoms. The van der Waals surface area contributed by atoms with Crippen LogP contribution in [0.3, 0.4) is 0 Å². The molecular formula is C18H20ClNO3S. The Morgan fingerprint density at radius 2 is 1.67 bits per heavy atom. The number of carbonyl (C=O) groups is 1. The van der Waals surface area contributed by atoms with E-state index < -0.39 is 15.7 Å². The van der Waals surface area contributed by atoms with Gasteiger partial charge < -0.3 is 5.32 Å². The van der Waals surface area contributed by atoms with Gasteiger partial charge in [-0.3, -0.25) is 4.79 Å². The fourth-order valence-corrected chi connectivity index (χ4v) is 3.34. The molecule has 0 saturated heterocycles. The van der Waals surface area contributed by atoms with Crippen molar-refractivity contribution < 1.29 is 13.2 Å². The molecule has 0 aromatic heterocycles. The Morgan fingerprint density at radius 1 is 1.08 bits per heavy atom. The normalized spacial score (nSPS) is 11.3. The molecule has 0 aliphatic heterocycles. The maximum absolute atomic E-state index is 12.7. The highest BCUT2D eigenvalue weighted by Gasteiger charge is 2.17. The number of halogens is 1. The molecule has 1 N–H and O–H groups in total. The first-order valence-corrected chi connectivity index (χ1v) is 9.96. The van der Waals surface area contributed by atoms with Crippen molar-refractivity contribution in [2.45, 2.75) is 31.6 Å². The molecule has 0 radical (unpaired) electrons. The van der Waals surface area contributed by atoms with Gasteiger partial charge in [0.2, 0.25) is 0 Å². The molecule has 4 nitrogen and oxygen atoms in total. The summed E-state index contributed by atoms with van der Waals surface area (Å²) in [5, 5.41) is 3.11. The minimum atomic E-state index is -3.41. The van der Waals surface area contributed by atoms with E-state index in [1.54, 1.807) is 0 Å². The molecule has 0 aliphatic rings. The molecule has 2 aromatic rings. The van der Waals surface area contributed by atoms with Gasteiger partial charge in [0.25, 0.3) is 5.91 Å². The lowest BCUT2D eigenvalue weighted by Crippen LogP contribution is -2.16. The van der Waals surface area contributed by atoms with E-state index in [2.05, 4.69) is 5.32 Å². The molecule has 0 saturated carbocycles. The van der Waals surface area contributed by atoms with Gasteiger partial charge >= 0.3 is 0 Å². The number of hydrogen-bond donors (Lipinski definition) is 1. The number of aryl methyl sites for hydroxylation is 2. The van der Waals surface area contributed by atoms with Crippen LogP contribution >= 0.6 is 11.6 Å². The second-order valence-corrected chi connectivity index (χ2v) is 7.95. The molecule has 128 valence electrons. The SMILES string of the molecule is CCc1cccc(CC)c1NC(=O)c1cc(S(C)(=O)=O)ccc1Cl. The van der Waals surface area contributed by atoms with Crippen molar-refractivity contribution >= 4 is 33.0 Å². The smallest absolute Gasteiger partial charge is 0.257 e. The van der Waals surface area contributed by atoms with Crippen molar-refractivity contribution in [3.05, 3.63) is 58.1 Å². The topological polar surface area (TPSA) is 63.2 Å². The van der Waals surface area contributed by atoms with Crippen molar-refractivity contribution in [2.24, 2.45) is 0 Å². The minimum absolute atomic E-state index is 0.0662. The van der Waals surface area contributed by atoms with Crippen LogP contribution in [0.25, 0.3) is 0 Å². The van der Waals surface area contributed by atoms with E-state index in [0.717, 1.165) is 35.9 Å². The van der Waals surface area contributed by atoms with Crippen LogP contribution in [0.5, 0.6) is 0 Å². The zero-order chi connectivity index (χ0) is 17.9. The van der Waals surface area contributed by atoms with Crippen LogP contribution in [-0.2, 0) is 22.7 Å². The van der Waals surface area contributed by atoms with Gasteiger partial charge in [-0.25, -0.2) is 8.42 Å². The van der Waals surface area contributed by atoms with E-state index in [-0.39, 0.29) is 15.5 Å². The summed E-state index contributed by atoms with van der Waals surface area (Å²) in [6.45, 7) is 4.03. The molecule has 2 aromatic carbocycles. The van der Waals surface area contributed by atoms with Crippen LogP contribution < -0.4 is 5.32 Å². The third-order valence-corrected chi connectivity index (χ3v) is 5.29. The molecule has 0 fully saturated rings. The minimum Gasteiger partial charge on any atom is -0.321 e. The van der Waals surface area contributed by atoms with Crippen molar-refractivity contribution in [3.63, 3.8) is 0 Å². The molecule has 0 aliphatic carbocycles. The zero-order valence-electron chi connectivity index (χ0n) is 13.9. The van der Waals surface area contributed by atoms with Gasteiger partial charge in [0.05, 0.1) is 15.5 Å². The van der Waals surface area contributed by atoms with Crippen LogP contribution in [0.2, 0.25) is 5.02 Å². The molecule has 0 atom stereocenters. The first kappa shape index (κ1) is 18.5. The van der Waals surface area contributed by atoms with Gasteiger partial charge in [-0.1, -0.05) is 43.6 Å². The number of para-hydroxylation sites is 1. The Labute approximate surface area is 147 Å². The average Bonchev–Trinajstić information content (AvgIpc) is 2.54. The number of anilines is 1. The van der Waals surface area contributed by atoms with E-state index in [1.165, 1.54) is 18.2 Å². The molecule has 2 rings (SSSR count). The Hall–Kier alpha value is -1.85. The van der Waals surface area contributed by atoms with Gasteiger partial charge in [-0.05, 0) is 42.2 Å². The van der Waals surface area contributed by atoms with Crippen LogP contribution in [0, 0.1) is 0 Å². The van der Waals surface area contributed by atoms with Crippen LogP contribution in [-0.4, -0.2) is 20.6 Å². The number of hydrogen-bond acceptors (Lipinski definition) is 3. The average molecular weight is 366 g/mol. The summed E-state index contributed by atoms with van der Waals surface area (Å²) >= 11 is 6.10. The van der Waals surface area contributed by atoms with Crippen molar-refractivity contribution in [3.8, 4) is 0 Å². The summed E-state index contributed by atoms with van der Waals surface area (Å²) in [6, 6.07) is 10.0. The summed E-state index contributed by atoms with van der Waals surface area (Å²) in [4.78, 5) is 12.7. The summed E-state index contributed by atoms with van der Waals surface area (Å²) in [7, 11) is -3.41. The maximum Gasteiger partial charge on any atom is 0.257 e. The fourth-order valence-electron chi connectivity index (χ4n) is 2.49. The van der Waals surface area contributed by atoms with Gasteiger partial charge in [0.15, 0.2) is 9.84 Å². The highest BCUT2D eigenvalue weighted by Crippen LogP contribution is 2.26. The predicted octanol–water partition coefficient (Wildman–Crippen LogP) is 4.12. The number of benzene rings is 2.